The molecular formula is C17H16N4. The van der Waals surface area contributed by atoms with Gasteiger partial charge in [0.2, 0.25) is 0 Å². The summed E-state index contributed by atoms with van der Waals surface area (Å²) < 4.78 is 0. The van der Waals surface area contributed by atoms with Gasteiger partial charge in [0, 0.05) is 30.4 Å². The monoisotopic (exact) mass is 276 g/mol. The Balaban J connectivity index is 1.72. The van der Waals surface area contributed by atoms with Crippen LogP contribution in [-0.4, -0.2) is 21.0 Å². The molecule has 3 aromatic rings. The Hall–Kier alpha value is -2.33. The number of nitrogens with zero attached hydrogens (tertiary/aromatic N) is 3. The largest absolute Gasteiger partial charge is 0.308 e. The first-order chi connectivity index (χ1) is 10.4. The summed E-state index contributed by atoms with van der Waals surface area (Å²) in [7, 11) is 0. The molecule has 1 aliphatic carbocycles. The second-order valence-electron chi connectivity index (χ2n) is 5.41. The first kappa shape index (κ1) is 12.4. The van der Waals surface area contributed by atoms with Crippen LogP contribution >= 0.6 is 0 Å². The molecule has 0 amide bonds. The molecule has 1 N–H and O–H groups in total. The van der Waals surface area contributed by atoms with Crippen molar-refractivity contribution in [3.8, 4) is 11.5 Å². The van der Waals surface area contributed by atoms with E-state index in [-0.39, 0.29) is 0 Å². The van der Waals surface area contributed by atoms with Crippen LogP contribution in [0.2, 0.25) is 0 Å². The normalized spacial score (nSPS) is 14.5. The van der Waals surface area contributed by atoms with Crippen LogP contribution in [0.4, 0.5) is 0 Å². The summed E-state index contributed by atoms with van der Waals surface area (Å²) in [6, 6.07) is 12.9. The maximum Gasteiger partial charge on any atom is 0.179 e. The van der Waals surface area contributed by atoms with Crippen molar-refractivity contribution < 1.29 is 0 Å². The Morgan fingerprint density at radius 3 is 2.76 bits per heavy atom. The number of hydrogen-bond donors (Lipinski definition) is 1. The van der Waals surface area contributed by atoms with E-state index in [2.05, 4.69) is 32.4 Å². The summed E-state index contributed by atoms with van der Waals surface area (Å²) in [6.45, 7) is 0.797. The van der Waals surface area contributed by atoms with Crippen LogP contribution in [0.3, 0.4) is 0 Å². The second kappa shape index (κ2) is 5.22. The summed E-state index contributed by atoms with van der Waals surface area (Å²) in [4.78, 5) is 13.5. The van der Waals surface area contributed by atoms with Crippen molar-refractivity contribution in [1.29, 1.82) is 0 Å². The number of rotatable bonds is 4. The highest BCUT2D eigenvalue weighted by Gasteiger charge is 2.20. The SMILES string of the molecule is c1ccc2c(-c3nccc(CNC4CC4)n3)nccc2c1. The third kappa shape index (κ3) is 2.62. The zero-order valence-corrected chi connectivity index (χ0v) is 11.7. The smallest absolute Gasteiger partial charge is 0.179 e. The van der Waals surface area contributed by atoms with E-state index < -0.39 is 0 Å². The van der Waals surface area contributed by atoms with Gasteiger partial charge in [0.15, 0.2) is 5.82 Å². The molecule has 4 rings (SSSR count). The molecule has 2 aromatic heterocycles. The van der Waals surface area contributed by atoms with Crippen molar-refractivity contribution in [3.05, 3.63) is 54.5 Å². The summed E-state index contributed by atoms with van der Waals surface area (Å²) in [5, 5.41) is 5.73. The molecule has 1 aromatic carbocycles. The van der Waals surface area contributed by atoms with Crippen LogP contribution in [0, 0.1) is 0 Å². The highest BCUT2D eigenvalue weighted by atomic mass is 15.0. The van der Waals surface area contributed by atoms with Gasteiger partial charge in [-0.15, -0.1) is 0 Å². The maximum atomic E-state index is 4.66. The quantitative estimate of drug-likeness (QED) is 0.796. The lowest BCUT2D eigenvalue weighted by atomic mass is 10.1. The lowest BCUT2D eigenvalue weighted by Crippen LogP contribution is -2.16. The highest BCUT2D eigenvalue weighted by molar-refractivity contribution is 5.92. The average molecular weight is 276 g/mol. The minimum Gasteiger partial charge on any atom is -0.308 e. The van der Waals surface area contributed by atoms with Gasteiger partial charge in [-0.05, 0) is 30.4 Å². The molecule has 1 fully saturated rings. The second-order valence-corrected chi connectivity index (χ2v) is 5.41. The lowest BCUT2D eigenvalue weighted by Gasteiger charge is -2.06. The maximum absolute atomic E-state index is 4.66. The van der Waals surface area contributed by atoms with Gasteiger partial charge in [0.05, 0.1) is 5.69 Å². The van der Waals surface area contributed by atoms with Gasteiger partial charge in [-0.3, -0.25) is 4.98 Å². The van der Waals surface area contributed by atoms with Gasteiger partial charge < -0.3 is 5.32 Å². The topological polar surface area (TPSA) is 50.7 Å². The van der Waals surface area contributed by atoms with E-state index in [0.717, 1.165) is 28.7 Å². The number of hydrogen-bond acceptors (Lipinski definition) is 4. The van der Waals surface area contributed by atoms with E-state index in [1.54, 1.807) is 0 Å². The van der Waals surface area contributed by atoms with Gasteiger partial charge in [0.25, 0.3) is 0 Å². The van der Waals surface area contributed by atoms with Crippen molar-refractivity contribution in [2.45, 2.75) is 25.4 Å². The predicted molar refractivity (Wildman–Crippen MR) is 82.6 cm³/mol. The Labute approximate surface area is 123 Å². The lowest BCUT2D eigenvalue weighted by molar-refractivity contribution is 0.673. The van der Waals surface area contributed by atoms with Crippen molar-refractivity contribution in [2.75, 3.05) is 0 Å². The van der Waals surface area contributed by atoms with Gasteiger partial charge >= 0.3 is 0 Å². The number of pyridine rings is 1. The van der Waals surface area contributed by atoms with Crippen LogP contribution < -0.4 is 5.32 Å². The Bertz CT molecular complexity index is 775. The fourth-order valence-electron chi connectivity index (χ4n) is 2.44. The van der Waals surface area contributed by atoms with Crippen molar-refractivity contribution in [3.63, 3.8) is 0 Å². The average Bonchev–Trinajstić information content (AvgIpc) is 3.37. The fourth-order valence-corrected chi connectivity index (χ4v) is 2.44. The molecule has 0 spiro atoms. The minimum atomic E-state index is 0.680. The van der Waals surface area contributed by atoms with Gasteiger partial charge in [0.1, 0.15) is 5.69 Å². The molecule has 4 nitrogen and oxygen atoms in total. The molecule has 4 heteroatoms. The van der Waals surface area contributed by atoms with Gasteiger partial charge in [-0.1, -0.05) is 24.3 Å². The number of benzene rings is 1. The third-order valence-electron chi connectivity index (χ3n) is 3.75. The predicted octanol–water partition coefficient (Wildman–Crippen LogP) is 2.94. The van der Waals surface area contributed by atoms with E-state index in [1.165, 1.54) is 12.8 Å². The molecule has 0 radical (unpaired) electrons. The van der Waals surface area contributed by atoms with E-state index in [9.17, 15) is 0 Å². The summed E-state index contributed by atoms with van der Waals surface area (Å²) in [5.41, 5.74) is 1.86. The molecule has 0 bridgehead atoms. The Morgan fingerprint density at radius 1 is 1.00 bits per heavy atom. The summed E-state index contributed by atoms with van der Waals surface area (Å²) >= 11 is 0. The number of aromatic nitrogens is 3. The van der Waals surface area contributed by atoms with Crippen LogP contribution in [0.25, 0.3) is 22.3 Å². The van der Waals surface area contributed by atoms with E-state index >= 15 is 0 Å². The first-order valence-corrected chi connectivity index (χ1v) is 7.29. The van der Waals surface area contributed by atoms with Crippen LogP contribution in [-0.2, 0) is 6.54 Å². The molecule has 104 valence electrons. The van der Waals surface area contributed by atoms with E-state index in [4.69, 9.17) is 0 Å². The van der Waals surface area contributed by atoms with Crippen LogP contribution in [0.1, 0.15) is 18.5 Å². The van der Waals surface area contributed by atoms with E-state index in [0.29, 0.717) is 11.9 Å². The van der Waals surface area contributed by atoms with Gasteiger partial charge in [-0.25, -0.2) is 9.97 Å². The molecule has 0 aliphatic heterocycles. The molecule has 2 heterocycles. The Morgan fingerprint density at radius 2 is 1.86 bits per heavy atom. The molecule has 0 unspecified atom stereocenters. The first-order valence-electron chi connectivity index (χ1n) is 7.29. The number of fused-ring (bicyclic) bond motifs is 1. The summed E-state index contributed by atoms with van der Waals surface area (Å²) in [5.74, 6) is 0.696. The van der Waals surface area contributed by atoms with Crippen LogP contribution in [0.5, 0.6) is 0 Å². The van der Waals surface area contributed by atoms with E-state index in [1.807, 2.05) is 36.7 Å². The Kier molecular flexibility index (Phi) is 3.09. The molecular weight excluding hydrogens is 260 g/mol. The molecule has 1 saturated carbocycles. The van der Waals surface area contributed by atoms with Crippen molar-refractivity contribution in [2.24, 2.45) is 0 Å². The molecule has 0 saturated heterocycles. The van der Waals surface area contributed by atoms with Crippen molar-refractivity contribution in [1.82, 2.24) is 20.3 Å². The molecule has 0 atom stereocenters. The number of nitrogens with one attached hydrogen (secondary N) is 1. The fraction of sp³-hybridized carbons (Fsp3) is 0.235. The third-order valence-corrected chi connectivity index (χ3v) is 3.75. The van der Waals surface area contributed by atoms with Crippen molar-refractivity contribution >= 4 is 10.8 Å². The molecule has 1 aliphatic rings. The minimum absolute atomic E-state index is 0.680. The highest BCUT2D eigenvalue weighted by Crippen LogP contribution is 2.24. The molecule has 21 heavy (non-hydrogen) atoms. The zero-order valence-electron chi connectivity index (χ0n) is 11.7. The van der Waals surface area contributed by atoms with Crippen LogP contribution in [0.15, 0.2) is 48.8 Å². The van der Waals surface area contributed by atoms with Gasteiger partial charge in [-0.2, -0.15) is 0 Å². The zero-order chi connectivity index (χ0) is 14.1. The summed E-state index contributed by atoms with van der Waals surface area (Å²) in [6.07, 6.45) is 6.19. The standard InChI is InChI=1S/C17H16N4/c1-2-4-15-12(3-1)7-9-18-16(15)17-19-10-8-14(21-17)11-20-13-5-6-13/h1-4,7-10,13,20H,5-6,11H2.